The van der Waals surface area contributed by atoms with E-state index in [1.807, 2.05) is 36.1 Å². The zero-order valence-corrected chi connectivity index (χ0v) is 21.1. The van der Waals surface area contributed by atoms with E-state index in [1.54, 1.807) is 0 Å². The smallest absolute Gasteiger partial charge is 0.257 e. The maximum Gasteiger partial charge on any atom is 0.257 e. The highest BCUT2D eigenvalue weighted by Gasteiger charge is 2.28. The van der Waals surface area contributed by atoms with Gasteiger partial charge in [0, 0.05) is 26.1 Å². The van der Waals surface area contributed by atoms with Crippen molar-refractivity contribution in [3.63, 3.8) is 0 Å². The third-order valence-corrected chi connectivity index (χ3v) is 7.29. The Morgan fingerprint density at radius 2 is 1.79 bits per heavy atom. The first-order valence-corrected chi connectivity index (χ1v) is 13.3. The van der Waals surface area contributed by atoms with Gasteiger partial charge in [0.25, 0.3) is 5.91 Å². The van der Waals surface area contributed by atoms with Crippen LogP contribution in [-0.2, 0) is 4.79 Å². The van der Waals surface area contributed by atoms with Crippen molar-refractivity contribution in [2.75, 3.05) is 26.2 Å². The molecule has 3 rings (SSSR count). The highest BCUT2D eigenvalue weighted by molar-refractivity contribution is 5.96. The lowest BCUT2D eigenvalue weighted by molar-refractivity contribution is -0.135. The van der Waals surface area contributed by atoms with E-state index < -0.39 is 0 Å². The van der Waals surface area contributed by atoms with Crippen molar-refractivity contribution >= 4 is 11.8 Å². The number of para-hydroxylation sites is 1. The lowest BCUT2D eigenvalue weighted by Gasteiger charge is -2.34. The summed E-state index contributed by atoms with van der Waals surface area (Å²) in [7, 11) is 0. The van der Waals surface area contributed by atoms with Crippen LogP contribution in [0.2, 0.25) is 0 Å². The average molecular weight is 457 g/mol. The van der Waals surface area contributed by atoms with E-state index in [0.29, 0.717) is 36.8 Å². The van der Waals surface area contributed by atoms with E-state index in [0.717, 1.165) is 57.5 Å². The number of fused-ring (bicyclic) bond motifs is 1. The minimum absolute atomic E-state index is 0.0345. The zero-order chi connectivity index (χ0) is 23.6. The first-order valence-electron chi connectivity index (χ1n) is 13.3. The van der Waals surface area contributed by atoms with Crippen LogP contribution < -0.4 is 4.74 Å². The summed E-state index contributed by atoms with van der Waals surface area (Å²) in [5.41, 5.74) is 0.627. The largest absolute Gasteiger partial charge is 0.491 e. The van der Waals surface area contributed by atoms with Gasteiger partial charge in [0.15, 0.2) is 0 Å². The average Bonchev–Trinajstić information content (AvgIpc) is 2.77. The second-order valence-electron chi connectivity index (χ2n) is 10.3. The molecular formula is C28H44N2O3. The van der Waals surface area contributed by atoms with Crippen LogP contribution >= 0.6 is 0 Å². The maximum absolute atomic E-state index is 13.4. The van der Waals surface area contributed by atoms with Crippen LogP contribution in [0.1, 0.15) is 95.3 Å². The quantitative estimate of drug-likeness (QED) is 0.533. The third-order valence-electron chi connectivity index (χ3n) is 7.29. The topological polar surface area (TPSA) is 49.9 Å². The maximum atomic E-state index is 13.4. The van der Waals surface area contributed by atoms with Crippen LogP contribution in [0.4, 0.5) is 0 Å². The number of hydrogen-bond donors (Lipinski definition) is 0. The Morgan fingerprint density at radius 3 is 2.45 bits per heavy atom. The minimum atomic E-state index is 0.0345. The number of carbonyl (C=O) groups excluding carboxylic acids is 2. The second-order valence-corrected chi connectivity index (χ2v) is 10.3. The van der Waals surface area contributed by atoms with Crippen molar-refractivity contribution in [3.8, 4) is 5.75 Å². The van der Waals surface area contributed by atoms with Gasteiger partial charge < -0.3 is 14.5 Å². The number of carbonyl (C=O) groups is 2. The lowest BCUT2D eigenvalue weighted by Crippen LogP contribution is -2.45. The van der Waals surface area contributed by atoms with Crippen molar-refractivity contribution in [2.24, 2.45) is 11.8 Å². The van der Waals surface area contributed by atoms with Crippen LogP contribution in [0.25, 0.3) is 0 Å². The predicted octanol–water partition coefficient (Wildman–Crippen LogP) is 5.93. The van der Waals surface area contributed by atoms with Gasteiger partial charge in [-0.05, 0) is 56.6 Å². The molecule has 1 aliphatic carbocycles. The Morgan fingerprint density at radius 1 is 1.06 bits per heavy atom. The Hall–Kier alpha value is -2.04. The summed E-state index contributed by atoms with van der Waals surface area (Å²) in [6, 6.07) is 7.61. The molecule has 1 fully saturated rings. The molecule has 33 heavy (non-hydrogen) atoms. The molecule has 1 aromatic carbocycles. The summed E-state index contributed by atoms with van der Waals surface area (Å²) in [5, 5.41) is 0. The molecule has 0 saturated heterocycles. The summed E-state index contributed by atoms with van der Waals surface area (Å²) >= 11 is 0. The van der Waals surface area contributed by atoms with Gasteiger partial charge in [0.05, 0.1) is 11.6 Å². The molecule has 1 heterocycles. The standard InChI is InChI=1S/C28H44N2O3/c1-4-29-18-9-5-6-10-19-30(27(31)17-16-23-12-11-13-23)24(20-22(2)3)21-33-26-15-8-7-14-25(26)28(29)32/h7-8,14-15,22-24H,4-6,9-13,16-21H2,1-3H3/t24-/m0/s1. The normalized spacial score (nSPS) is 21.2. The van der Waals surface area contributed by atoms with Gasteiger partial charge in [0.2, 0.25) is 5.91 Å². The lowest BCUT2D eigenvalue weighted by atomic mass is 9.82. The van der Waals surface area contributed by atoms with Gasteiger partial charge >= 0.3 is 0 Å². The van der Waals surface area contributed by atoms with E-state index in [4.69, 9.17) is 4.74 Å². The van der Waals surface area contributed by atoms with Gasteiger partial charge in [0.1, 0.15) is 12.4 Å². The van der Waals surface area contributed by atoms with Crippen LogP contribution in [0.5, 0.6) is 5.75 Å². The van der Waals surface area contributed by atoms with Gasteiger partial charge in [-0.2, -0.15) is 0 Å². The molecule has 0 unspecified atom stereocenters. The van der Waals surface area contributed by atoms with Crippen molar-refractivity contribution < 1.29 is 14.3 Å². The summed E-state index contributed by atoms with van der Waals surface area (Å²) in [4.78, 5) is 30.6. The van der Waals surface area contributed by atoms with Crippen molar-refractivity contribution in [1.82, 2.24) is 9.80 Å². The molecule has 2 amide bonds. The number of benzene rings is 1. The van der Waals surface area contributed by atoms with Crippen molar-refractivity contribution in [2.45, 2.75) is 91.0 Å². The number of rotatable bonds is 6. The molecule has 1 aromatic rings. The van der Waals surface area contributed by atoms with E-state index in [-0.39, 0.29) is 17.9 Å². The predicted molar refractivity (Wildman–Crippen MR) is 134 cm³/mol. The number of nitrogens with zero attached hydrogens (tertiary/aromatic N) is 2. The highest BCUT2D eigenvalue weighted by atomic mass is 16.5. The van der Waals surface area contributed by atoms with E-state index in [9.17, 15) is 9.59 Å². The van der Waals surface area contributed by atoms with E-state index in [1.165, 1.54) is 19.3 Å². The fourth-order valence-electron chi connectivity index (χ4n) is 5.06. The van der Waals surface area contributed by atoms with E-state index >= 15 is 0 Å². The van der Waals surface area contributed by atoms with Crippen molar-refractivity contribution in [1.29, 1.82) is 0 Å². The van der Waals surface area contributed by atoms with Crippen LogP contribution in [0.3, 0.4) is 0 Å². The first-order chi connectivity index (χ1) is 16.0. The Kier molecular flexibility index (Phi) is 10.1. The number of hydrogen-bond acceptors (Lipinski definition) is 3. The Bertz CT molecular complexity index is 759. The molecule has 2 aliphatic rings. The summed E-state index contributed by atoms with van der Waals surface area (Å²) in [5.74, 6) is 2.16. The molecule has 0 N–H and O–H groups in total. The molecule has 5 nitrogen and oxygen atoms in total. The minimum Gasteiger partial charge on any atom is -0.491 e. The van der Waals surface area contributed by atoms with E-state index in [2.05, 4.69) is 18.7 Å². The van der Waals surface area contributed by atoms with Crippen molar-refractivity contribution in [3.05, 3.63) is 29.8 Å². The van der Waals surface area contributed by atoms with Crippen LogP contribution in [-0.4, -0.2) is 53.9 Å². The van der Waals surface area contributed by atoms with Gasteiger partial charge in [-0.3, -0.25) is 9.59 Å². The fraction of sp³-hybridized carbons (Fsp3) is 0.714. The van der Waals surface area contributed by atoms with Gasteiger partial charge in [-0.25, -0.2) is 0 Å². The van der Waals surface area contributed by atoms with Crippen LogP contribution in [0, 0.1) is 11.8 Å². The monoisotopic (exact) mass is 456 g/mol. The molecule has 0 aromatic heterocycles. The molecule has 1 aliphatic heterocycles. The molecule has 1 saturated carbocycles. The molecule has 5 heteroatoms. The molecule has 0 radical (unpaired) electrons. The SMILES string of the molecule is CCN1CCCCCCN(C(=O)CCC2CCC2)[C@@H](CC(C)C)COc2ccccc2C1=O. The second kappa shape index (κ2) is 13.0. The third kappa shape index (κ3) is 7.48. The summed E-state index contributed by atoms with van der Waals surface area (Å²) in [6.07, 6.45) is 10.6. The molecule has 1 atom stereocenters. The van der Waals surface area contributed by atoms with Gasteiger partial charge in [-0.1, -0.05) is 58.1 Å². The molecule has 184 valence electrons. The molecule has 0 bridgehead atoms. The number of ether oxygens (including phenoxy) is 1. The molecule has 0 spiro atoms. The Labute approximate surface area is 200 Å². The number of amides is 2. The van der Waals surface area contributed by atoms with Gasteiger partial charge in [-0.15, -0.1) is 0 Å². The molecular weight excluding hydrogens is 412 g/mol. The van der Waals surface area contributed by atoms with Crippen LogP contribution in [0.15, 0.2) is 24.3 Å². The summed E-state index contributed by atoms with van der Waals surface area (Å²) in [6.45, 7) is 9.16. The zero-order valence-electron chi connectivity index (χ0n) is 21.1. The Balaban J connectivity index is 1.80. The first kappa shape index (κ1) is 25.6. The highest BCUT2D eigenvalue weighted by Crippen LogP contribution is 2.31. The summed E-state index contributed by atoms with van der Waals surface area (Å²) < 4.78 is 6.31. The fourth-order valence-corrected chi connectivity index (χ4v) is 5.06.